The number of morpholine rings is 1. The van der Waals surface area contributed by atoms with E-state index in [9.17, 15) is 0 Å². The van der Waals surface area contributed by atoms with E-state index in [1.807, 2.05) is 0 Å². The summed E-state index contributed by atoms with van der Waals surface area (Å²) >= 11 is 0. The molecule has 5 nitrogen and oxygen atoms in total. The van der Waals surface area contributed by atoms with Crippen LogP contribution in [0.2, 0.25) is 0 Å². The van der Waals surface area contributed by atoms with Gasteiger partial charge in [-0.1, -0.05) is 0 Å². The van der Waals surface area contributed by atoms with Crippen molar-refractivity contribution in [1.82, 2.24) is 20.2 Å². The first-order valence-corrected chi connectivity index (χ1v) is 6.17. The van der Waals surface area contributed by atoms with Crippen LogP contribution < -0.4 is 5.32 Å². The molecule has 2 aliphatic rings. The summed E-state index contributed by atoms with van der Waals surface area (Å²) in [5.74, 6) is 0. The summed E-state index contributed by atoms with van der Waals surface area (Å²) in [6.07, 6.45) is 2.71. The molecule has 1 aromatic rings. The smallest absolute Gasteiger partial charge is 0.116 e. The van der Waals surface area contributed by atoms with Gasteiger partial charge in [0.25, 0.3) is 0 Å². The molecule has 92 valence electrons. The third-order valence-corrected chi connectivity index (χ3v) is 3.48. The van der Waals surface area contributed by atoms with Crippen LogP contribution in [0.15, 0.2) is 6.33 Å². The Bertz CT molecular complexity index is 403. The van der Waals surface area contributed by atoms with Gasteiger partial charge in [-0.2, -0.15) is 0 Å². The lowest BCUT2D eigenvalue weighted by molar-refractivity contribution is 0.0748. The third kappa shape index (κ3) is 2.18. The number of aromatic nitrogens is 2. The van der Waals surface area contributed by atoms with Gasteiger partial charge in [-0.25, -0.2) is 9.97 Å². The van der Waals surface area contributed by atoms with Crippen LogP contribution in [0, 0.1) is 0 Å². The number of ether oxygens (including phenoxy) is 1. The fourth-order valence-electron chi connectivity index (χ4n) is 2.54. The quantitative estimate of drug-likeness (QED) is 0.748. The van der Waals surface area contributed by atoms with Crippen LogP contribution in [0.4, 0.5) is 0 Å². The molecule has 1 unspecified atom stereocenters. The Hall–Kier alpha value is -1.04. The molecule has 0 spiro atoms. The monoisotopic (exact) mass is 234 g/mol. The number of nitrogens with one attached hydrogen (secondary N) is 1. The number of nitrogens with zero attached hydrogens (tertiary/aromatic N) is 3. The average Bonchev–Trinajstić information content (AvgIpc) is 2.39. The van der Waals surface area contributed by atoms with E-state index in [0.29, 0.717) is 6.61 Å². The summed E-state index contributed by atoms with van der Waals surface area (Å²) in [4.78, 5) is 11.2. The van der Waals surface area contributed by atoms with Gasteiger partial charge in [0.15, 0.2) is 0 Å². The highest BCUT2D eigenvalue weighted by molar-refractivity contribution is 5.29. The first-order valence-electron chi connectivity index (χ1n) is 6.17. The minimum Gasteiger partial charge on any atom is -0.378 e. The fraction of sp³-hybridized carbons (Fsp3) is 0.667. The zero-order valence-corrected chi connectivity index (χ0v) is 10.1. The molecular formula is C12H18N4O. The third-order valence-electron chi connectivity index (χ3n) is 3.48. The van der Waals surface area contributed by atoms with Crippen LogP contribution in [-0.2, 0) is 17.7 Å². The second-order valence-electron chi connectivity index (χ2n) is 4.75. The first-order chi connectivity index (χ1) is 8.34. The topological polar surface area (TPSA) is 50.3 Å². The summed E-state index contributed by atoms with van der Waals surface area (Å²) < 4.78 is 5.52. The van der Waals surface area contributed by atoms with Crippen LogP contribution >= 0.6 is 0 Å². The van der Waals surface area contributed by atoms with Crippen molar-refractivity contribution < 1.29 is 4.74 Å². The van der Waals surface area contributed by atoms with Crippen molar-refractivity contribution in [2.75, 3.05) is 33.4 Å². The maximum Gasteiger partial charge on any atom is 0.116 e. The van der Waals surface area contributed by atoms with Gasteiger partial charge in [0.05, 0.1) is 24.9 Å². The number of likely N-dealkylation sites (N-methyl/N-ethyl adjacent to an activating group) is 1. The van der Waals surface area contributed by atoms with Crippen LogP contribution in [0.1, 0.15) is 23.0 Å². The molecule has 3 rings (SSSR count). The standard InChI is InChI=1S/C12H18N4O/c1-16-4-2-10-9(6-16)12(15-8-14-10)11-7-17-5-3-13-11/h8,11,13H,2-7H2,1H3. The molecule has 0 aromatic carbocycles. The van der Waals surface area contributed by atoms with Crippen molar-refractivity contribution in [2.24, 2.45) is 0 Å². The summed E-state index contributed by atoms with van der Waals surface area (Å²) in [5.41, 5.74) is 3.63. The van der Waals surface area contributed by atoms with Crippen molar-refractivity contribution in [3.63, 3.8) is 0 Å². The molecule has 1 fully saturated rings. The molecular weight excluding hydrogens is 216 g/mol. The molecule has 1 aromatic heterocycles. The molecule has 5 heteroatoms. The van der Waals surface area contributed by atoms with E-state index < -0.39 is 0 Å². The zero-order valence-electron chi connectivity index (χ0n) is 10.1. The van der Waals surface area contributed by atoms with E-state index in [0.717, 1.165) is 38.4 Å². The Morgan fingerprint density at radius 3 is 3.24 bits per heavy atom. The average molecular weight is 234 g/mol. The fourth-order valence-corrected chi connectivity index (χ4v) is 2.54. The van der Waals surface area contributed by atoms with Crippen LogP contribution in [-0.4, -0.2) is 48.2 Å². The van der Waals surface area contributed by atoms with Gasteiger partial charge in [-0.05, 0) is 7.05 Å². The largest absolute Gasteiger partial charge is 0.378 e. The summed E-state index contributed by atoms with van der Waals surface area (Å²) in [5, 5.41) is 3.47. The Labute approximate surface area is 101 Å². The molecule has 0 bridgehead atoms. The molecule has 0 aliphatic carbocycles. The summed E-state index contributed by atoms with van der Waals surface area (Å²) in [6, 6.07) is 0.229. The molecule has 0 radical (unpaired) electrons. The Balaban J connectivity index is 1.93. The highest BCUT2D eigenvalue weighted by Crippen LogP contribution is 2.24. The van der Waals surface area contributed by atoms with Gasteiger partial charge in [-0.15, -0.1) is 0 Å². The SMILES string of the molecule is CN1CCc2ncnc(C3COCCN3)c2C1. The Kier molecular flexibility index (Phi) is 3.05. The summed E-state index contributed by atoms with van der Waals surface area (Å²) in [6.45, 7) is 4.44. The molecule has 0 amide bonds. The lowest BCUT2D eigenvalue weighted by atomic mass is 10.00. The van der Waals surface area contributed by atoms with Crippen LogP contribution in [0.3, 0.4) is 0 Å². The van der Waals surface area contributed by atoms with Crippen molar-refractivity contribution in [3.8, 4) is 0 Å². The van der Waals surface area contributed by atoms with E-state index >= 15 is 0 Å². The number of fused-ring (bicyclic) bond motifs is 1. The minimum atomic E-state index is 0.229. The second-order valence-corrected chi connectivity index (χ2v) is 4.75. The number of hydrogen-bond acceptors (Lipinski definition) is 5. The Morgan fingerprint density at radius 1 is 1.47 bits per heavy atom. The summed E-state index contributed by atoms with van der Waals surface area (Å²) in [7, 11) is 2.14. The first kappa shape index (κ1) is 11.1. The van der Waals surface area contributed by atoms with E-state index in [1.54, 1.807) is 6.33 Å². The molecule has 2 aliphatic heterocycles. The molecule has 0 saturated carbocycles. The predicted octanol–water partition coefficient (Wildman–Crippen LogP) is 0.125. The highest BCUT2D eigenvalue weighted by Gasteiger charge is 2.24. The normalized spacial score (nSPS) is 25.6. The van der Waals surface area contributed by atoms with Gasteiger partial charge in [0.2, 0.25) is 0 Å². The predicted molar refractivity (Wildman–Crippen MR) is 63.6 cm³/mol. The van der Waals surface area contributed by atoms with Crippen LogP contribution in [0.5, 0.6) is 0 Å². The van der Waals surface area contributed by atoms with Gasteiger partial charge in [0, 0.05) is 37.3 Å². The zero-order chi connectivity index (χ0) is 11.7. The van der Waals surface area contributed by atoms with E-state index in [-0.39, 0.29) is 6.04 Å². The molecule has 17 heavy (non-hydrogen) atoms. The maximum absolute atomic E-state index is 5.52. The van der Waals surface area contributed by atoms with Crippen molar-refractivity contribution in [2.45, 2.75) is 19.0 Å². The highest BCUT2D eigenvalue weighted by atomic mass is 16.5. The lowest BCUT2D eigenvalue weighted by Crippen LogP contribution is -2.37. The van der Waals surface area contributed by atoms with Crippen LogP contribution in [0.25, 0.3) is 0 Å². The molecule has 1 N–H and O–H groups in total. The van der Waals surface area contributed by atoms with E-state index in [4.69, 9.17) is 4.74 Å². The van der Waals surface area contributed by atoms with E-state index in [1.165, 1.54) is 11.3 Å². The van der Waals surface area contributed by atoms with Gasteiger partial charge in [0.1, 0.15) is 6.33 Å². The van der Waals surface area contributed by atoms with Crippen molar-refractivity contribution >= 4 is 0 Å². The molecule has 1 atom stereocenters. The van der Waals surface area contributed by atoms with Crippen molar-refractivity contribution in [1.29, 1.82) is 0 Å². The number of hydrogen-bond donors (Lipinski definition) is 1. The minimum absolute atomic E-state index is 0.229. The molecule has 1 saturated heterocycles. The van der Waals surface area contributed by atoms with E-state index in [2.05, 4.69) is 27.2 Å². The van der Waals surface area contributed by atoms with Gasteiger partial charge in [-0.3, -0.25) is 0 Å². The van der Waals surface area contributed by atoms with Gasteiger partial charge < -0.3 is 15.0 Å². The van der Waals surface area contributed by atoms with Crippen molar-refractivity contribution in [3.05, 3.63) is 23.3 Å². The lowest BCUT2D eigenvalue weighted by Gasteiger charge is -2.30. The second kappa shape index (κ2) is 4.68. The maximum atomic E-state index is 5.52. The van der Waals surface area contributed by atoms with Gasteiger partial charge >= 0.3 is 0 Å². The molecule has 3 heterocycles. The number of rotatable bonds is 1. The Morgan fingerprint density at radius 2 is 2.41 bits per heavy atom.